The molecule has 0 aliphatic heterocycles. The minimum atomic E-state index is 0.801. The number of thioether (sulfide) groups is 1. The highest BCUT2D eigenvalue weighted by Gasteiger charge is 2.29. The first-order valence-electron chi connectivity index (χ1n) is 7.13. The van der Waals surface area contributed by atoms with Gasteiger partial charge in [0.25, 0.3) is 0 Å². The van der Waals surface area contributed by atoms with E-state index in [0.717, 1.165) is 23.6 Å². The Morgan fingerprint density at radius 1 is 1.19 bits per heavy atom. The van der Waals surface area contributed by atoms with Gasteiger partial charge < -0.3 is 5.73 Å². The molecular formula is C14H29NS. The van der Waals surface area contributed by atoms with Crippen LogP contribution in [0.5, 0.6) is 0 Å². The highest BCUT2D eigenvalue weighted by Crippen LogP contribution is 2.38. The number of hydrogen-bond donors (Lipinski definition) is 1. The highest BCUT2D eigenvalue weighted by atomic mass is 32.2. The lowest BCUT2D eigenvalue weighted by Gasteiger charge is -2.35. The normalized spacial score (nSPS) is 30.6. The molecule has 0 aromatic carbocycles. The van der Waals surface area contributed by atoms with E-state index in [1.165, 1.54) is 50.7 Å². The van der Waals surface area contributed by atoms with E-state index in [9.17, 15) is 0 Å². The van der Waals surface area contributed by atoms with E-state index < -0.39 is 0 Å². The van der Waals surface area contributed by atoms with Crippen LogP contribution >= 0.6 is 11.8 Å². The van der Waals surface area contributed by atoms with Crippen molar-refractivity contribution in [3.8, 4) is 0 Å². The first-order chi connectivity index (χ1) is 7.81. The lowest BCUT2D eigenvalue weighted by atomic mass is 9.80. The molecule has 2 N–H and O–H groups in total. The zero-order valence-corrected chi connectivity index (χ0v) is 11.9. The van der Waals surface area contributed by atoms with Gasteiger partial charge in [0.15, 0.2) is 0 Å². The molecule has 96 valence electrons. The molecule has 1 rings (SSSR count). The van der Waals surface area contributed by atoms with E-state index in [1.807, 2.05) is 0 Å². The third-order valence-electron chi connectivity index (χ3n) is 3.87. The zero-order valence-electron chi connectivity index (χ0n) is 11.1. The van der Waals surface area contributed by atoms with Gasteiger partial charge in [-0.25, -0.2) is 0 Å². The van der Waals surface area contributed by atoms with Crippen molar-refractivity contribution in [3.05, 3.63) is 0 Å². The number of nitrogens with two attached hydrogens (primary N) is 1. The summed E-state index contributed by atoms with van der Waals surface area (Å²) < 4.78 is 0. The van der Waals surface area contributed by atoms with Crippen molar-refractivity contribution in [1.82, 2.24) is 0 Å². The van der Waals surface area contributed by atoms with Gasteiger partial charge >= 0.3 is 0 Å². The third kappa shape index (κ3) is 4.67. The fraction of sp³-hybridized carbons (Fsp3) is 1.00. The molecule has 3 atom stereocenters. The molecule has 0 amide bonds. The first-order valence-corrected chi connectivity index (χ1v) is 8.18. The topological polar surface area (TPSA) is 26.0 Å². The SMILES string of the molecule is CCCCSC1CC(CCC)CCC1CN. The van der Waals surface area contributed by atoms with Crippen LogP contribution in [0.25, 0.3) is 0 Å². The van der Waals surface area contributed by atoms with Crippen molar-refractivity contribution in [2.45, 2.75) is 64.0 Å². The van der Waals surface area contributed by atoms with E-state index in [1.54, 1.807) is 0 Å². The fourth-order valence-corrected chi connectivity index (χ4v) is 4.48. The van der Waals surface area contributed by atoms with Gasteiger partial charge in [0, 0.05) is 5.25 Å². The summed E-state index contributed by atoms with van der Waals surface area (Å²) >= 11 is 2.20. The quantitative estimate of drug-likeness (QED) is 0.682. The Morgan fingerprint density at radius 3 is 2.62 bits per heavy atom. The van der Waals surface area contributed by atoms with Crippen LogP contribution in [0, 0.1) is 11.8 Å². The average molecular weight is 243 g/mol. The molecule has 0 heterocycles. The van der Waals surface area contributed by atoms with Gasteiger partial charge in [0.2, 0.25) is 0 Å². The Morgan fingerprint density at radius 2 is 2.00 bits per heavy atom. The molecule has 2 heteroatoms. The van der Waals surface area contributed by atoms with Gasteiger partial charge in [0.1, 0.15) is 0 Å². The van der Waals surface area contributed by atoms with Gasteiger partial charge in [-0.05, 0) is 43.4 Å². The smallest absolute Gasteiger partial charge is 0.00899 e. The van der Waals surface area contributed by atoms with E-state index in [0.29, 0.717) is 0 Å². The molecule has 1 aliphatic carbocycles. The van der Waals surface area contributed by atoms with Crippen LogP contribution in [0.3, 0.4) is 0 Å². The van der Waals surface area contributed by atoms with Crippen molar-refractivity contribution in [2.24, 2.45) is 17.6 Å². The largest absolute Gasteiger partial charge is 0.330 e. The molecule has 1 saturated carbocycles. The fourth-order valence-electron chi connectivity index (χ4n) is 2.80. The van der Waals surface area contributed by atoms with Crippen LogP contribution in [0.1, 0.15) is 58.8 Å². The molecule has 0 saturated heterocycles. The molecule has 1 fully saturated rings. The second kappa shape index (κ2) is 8.41. The molecule has 0 aromatic heterocycles. The molecule has 0 bridgehead atoms. The molecular weight excluding hydrogens is 214 g/mol. The van der Waals surface area contributed by atoms with Crippen LogP contribution in [0.2, 0.25) is 0 Å². The van der Waals surface area contributed by atoms with Gasteiger partial charge in [-0.2, -0.15) is 11.8 Å². The average Bonchev–Trinajstić information content (AvgIpc) is 2.30. The predicted octanol–water partition coefficient (Wildman–Crippen LogP) is 4.06. The summed E-state index contributed by atoms with van der Waals surface area (Å²) in [5, 5.41) is 0.863. The summed E-state index contributed by atoms with van der Waals surface area (Å²) in [4.78, 5) is 0. The van der Waals surface area contributed by atoms with Crippen molar-refractivity contribution in [1.29, 1.82) is 0 Å². The van der Waals surface area contributed by atoms with Crippen molar-refractivity contribution < 1.29 is 0 Å². The highest BCUT2D eigenvalue weighted by molar-refractivity contribution is 7.99. The Hall–Kier alpha value is 0.310. The van der Waals surface area contributed by atoms with Crippen LogP contribution in [-0.2, 0) is 0 Å². The number of unbranched alkanes of at least 4 members (excludes halogenated alkanes) is 1. The Balaban J connectivity index is 2.34. The maximum absolute atomic E-state index is 5.90. The lowest BCUT2D eigenvalue weighted by Crippen LogP contribution is -2.32. The minimum Gasteiger partial charge on any atom is -0.330 e. The van der Waals surface area contributed by atoms with E-state index in [4.69, 9.17) is 5.73 Å². The summed E-state index contributed by atoms with van der Waals surface area (Å²) in [5.41, 5.74) is 5.90. The Bertz CT molecular complexity index is 172. The summed E-state index contributed by atoms with van der Waals surface area (Å²) in [6.45, 7) is 5.50. The number of rotatable bonds is 7. The molecule has 1 aliphatic rings. The summed E-state index contributed by atoms with van der Waals surface area (Å²) in [7, 11) is 0. The molecule has 1 nitrogen and oxygen atoms in total. The molecule has 0 radical (unpaired) electrons. The number of hydrogen-bond acceptors (Lipinski definition) is 2. The van der Waals surface area contributed by atoms with Crippen molar-refractivity contribution >= 4 is 11.8 Å². The van der Waals surface area contributed by atoms with Crippen LogP contribution in [-0.4, -0.2) is 17.5 Å². The second-order valence-electron chi connectivity index (χ2n) is 5.23. The Kier molecular flexibility index (Phi) is 7.55. The lowest BCUT2D eigenvalue weighted by molar-refractivity contribution is 0.276. The van der Waals surface area contributed by atoms with Gasteiger partial charge in [0.05, 0.1) is 0 Å². The monoisotopic (exact) mass is 243 g/mol. The second-order valence-corrected chi connectivity index (χ2v) is 6.57. The summed E-state index contributed by atoms with van der Waals surface area (Å²) in [6, 6.07) is 0. The van der Waals surface area contributed by atoms with Crippen molar-refractivity contribution in [3.63, 3.8) is 0 Å². The van der Waals surface area contributed by atoms with Gasteiger partial charge in [-0.3, -0.25) is 0 Å². The van der Waals surface area contributed by atoms with E-state index in [-0.39, 0.29) is 0 Å². The zero-order chi connectivity index (χ0) is 11.8. The van der Waals surface area contributed by atoms with Crippen LogP contribution in [0.4, 0.5) is 0 Å². The Labute approximate surface area is 106 Å². The summed E-state index contributed by atoms with van der Waals surface area (Å²) in [6.07, 6.45) is 9.73. The molecule has 0 spiro atoms. The predicted molar refractivity (Wildman–Crippen MR) is 75.9 cm³/mol. The third-order valence-corrected chi connectivity index (χ3v) is 5.40. The van der Waals surface area contributed by atoms with Crippen molar-refractivity contribution in [2.75, 3.05) is 12.3 Å². The van der Waals surface area contributed by atoms with Gasteiger partial charge in [-0.1, -0.05) is 39.5 Å². The minimum absolute atomic E-state index is 0.801. The molecule has 0 aromatic rings. The standard InChI is InChI=1S/C14H29NS/c1-3-5-9-16-14-10-12(6-4-2)7-8-13(14)11-15/h12-14H,3-11,15H2,1-2H3. The van der Waals surface area contributed by atoms with Crippen LogP contribution < -0.4 is 5.73 Å². The van der Waals surface area contributed by atoms with E-state index in [2.05, 4.69) is 25.6 Å². The maximum atomic E-state index is 5.90. The van der Waals surface area contributed by atoms with E-state index >= 15 is 0 Å². The maximum Gasteiger partial charge on any atom is 0.00899 e. The molecule has 3 unspecified atom stereocenters. The van der Waals surface area contributed by atoms with Crippen LogP contribution in [0.15, 0.2) is 0 Å². The first kappa shape index (κ1) is 14.4. The molecule has 16 heavy (non-hydrogen) atoms. The summed E-state index contributed by atoms with van der Waals surface area (Å²) in [5.74, 6) is 3.14. The van der Waals surface area contributed by atoms with Gasteiger partial charge in [-0.15, -0.1) is 0 Å².